The van der Waals surface area contributed by atoms with Crippen LogP contribution in [0.4, 0.5) is 0 Å². The van der Waals surface area contributed by atoms with E-state index in [0.717, 1.165) is 30.8 Å². The third-order valence-corrected chi connectivity index (χ3v) is 4.09. The van der Waals surface area contributed by atoms with E-state index >= 15 is 0 Å². The molecule has 0 aromatic carbocycles. The molecule has 1 aromatic heterocycles. The summed E-state index contributed by atoms with van der Waals surface area (Å²) in [6.45, 7) is 1.51. The summed E-state index contributed by atoms with van der Waals surface area (Å²) in [5, 5.41) is 19.4. The second kappa shape index (κ2) is 6.71. The minimum Gasteiger partial charge on any atom is -0.396 e. The molecule has 0 radical (unpaired) electrons. The van der Waals surface area contributed by atoms with Crippen LogP contribution in [0.2, 0.25) is 0 Å². The van der Waals surface area contributed by atoms with Crippen LogP contribution in [0.1, 0.15) is 28.1 Å². The fourth-order valence-corrected chi connectivity index (χ4v) is 3.01. The molecule has 2 N–H and O–H groups in total. The Morgan fingerprint density at radius 3 is 3.11 bits per heavy atom. The van der Waals surface area contributed by atoms with E-state index < -0.39 is 0 Å². The van der Waals surface area contributed by atoms with Gasteiger partial charge in [-0.15, -0.1) is 11.3 Å². The lowest BCUT2D eigenvalue weighted by molar-refractivity contribution is 0.0785. The highest BCUT2D eigenvalue weighted by Gasteiger charge is 2.26. The van der Waals surface area contributed by atoms with Crippen molar-refractivity contribution in [3.63, 3.8) is 0 Å². The fourth-order valence-electron chi connectivity index (χ4n) is 2.26. The first-order valence-corrected chi connectivity index (χ1v) is 7.21. The summed E-state index contributed by atoms with van der Waals surface area (Å²) in [4.78, 5) is 14.9. The van der Waals surface area contributed by atoms with E-state index in [2.05, 4.69) is 11.8 Å². The van der Waals surface area contributed by atoms with E-state index in [1.807, 2.05) is 10.3 Å². The first-order chi connectivity index (χ1) is 9.24. The summed E-state index contributed by atoms with van der Waals surface area (Å²) in [5.41, 5.74) is 0.664. The first kappa shape index (κ1) is 14.1. The van der Waals surface area contributed by atoms with Crippen LogP contribution >= 0.6 is 11.3 Å². The highest BCUT2D eigenvalue weighted by Crippen LogP contribution is 2.23. The van der Waals surface area contributed by atoms with E-state index in [9.17, 15) is 4.79 Å². The second-order valence-corrected chi connectivity index (χ2v) is 5.49. The Morgan fingerprint density at radius 1 is 1.53 bits per heavy atom. The standard InChI is InChI=1S/C14H17NO3S/c16-6-1-2-13-8-12(10-19-13)14(18)15-5-3-11(9-15)4-7-17/h8,10-11,16-17H,3-7,9H2. The molecule has 0 bridgehead atoms. The maximum atomic E-state index is 12.3. The van der Waals surface area contributed by atoms with E-state index in [-0.39, 0.29) is 19.1 Å². The average molecular weight is 279 g/mol. The zero-order valence-electron chi connectivity index (χ0n) is 10.6. The monoisotopic (exact) mass is 279 g/mol. The summed E-state index contributed by atoms with van der Waals surface area (Å²) in [5.74, 6) is 5.83. The van der Waals surface area contributed by atoms with Gasteiger partial charge in [0, 0.05) is 25.1 Å². The maximum Gasteiger partial charge on any atom is 0.254 e. The van der Waals surface area contributed by atoms with Gasteiger partial charge in [0.15, 0.2) is 0 Å². The number of aliphatic hydroxyl groups is 2. The Morgan fingerprint density at radius 2 is 2.37 bits per heavy atom. The predicted molar refractivity (Wildman–Crippen MR) is 74.0 cm³/mol. The molecule has 1 atom stereocenters. The van der Waals surface area contributed by atoms with Gasteiger partial charge in [0.05, 0.1) is 10.4 Å². The Balaban J connectivity index is 1.98. The van der Waals surface area contributed by atoms with Crippen molar-refractivity contribution in [1.82, 2.24) is 4.90 Å². The summed E-state index contributed by atoms with van der Waals surface area (Å²) >= 11 is 1.42. The molecule has 1 unspecified atom stereocenters. The zero-order valence-corrected chi connectivity index (χ0v) is 11.4. The van der Waals surface area contributed by atoms with Gasteiger partial charge in [0.1, 0.15) is 6.61 Å². The molecule has 19 heavy (non-hydrogen) atoms. The quantitative estimate of drug-likeness (QED) is 0.809. The van der Waals surface area contributed by atoms with Gasteiger partial charge < -0.3 is 15.1 Å². The number of carbonyl (C=O) groups is 1. The minimum absolute atomic E-state index is 0.0359. The zero-order chi connectivity index (χ0) is 13.7. The van der Waals surface area contributed by atoms with Crippen LogP contribution in [0.5, 0.6) is 0 Å². The Labute approximate surface area is 116 Å². The Bertz CT molecular complexity index is 500. The highest BCUT2D eigenvalue weighted by molar-refractivity contribution is 7.10. The van der Waals surface area contributed by atoms with Crippen molar-refractivity contribution in [2.75, 3.05) is 26.3 Å². The molecule has 1 amide bonds. The normalized spacial score (nSPS) is 18.2. The van der Waals surface area contributed by atoms with Crippen LogP contribution in [0, 0.1) is 17.8 Å². The van der Waals surface area contributed by atoms with Gasteiger partial charge in [0.2, 0.25) is 0 Å². The van der Waals surface area contributed by atoms with Crippen molar-refractivity contribution in [1.29, 1.82) is 0 Å². The van der Waals surface area contributed by atoms with Crippen LogP contribution in [-0.2, 0) is 0 Å². The van der Waals surface area contributed by atoms with Crippen LogP contribution in [0.25, 0.3) is 0 Å². The Kier molecular flexibility index (Phi) is 4.97. The van der Waals surface area contributed by atoms with Crippen LogP contribution in [0.3, 0.4) is 0 Å². The molecule has 0 aliphatic carbocycles. The SMILES string of the molecule is O=C(c1csc(C#CCO)c1)N1CCC(CCO)C1. The van der Waals surface area contributed by atoms with Gasteiger partial charge >= 0.3 is 0 Å². The van der Waals surface area contributed by atoms with Crippen LogP contribution in [-0.4, -0.2) is 47.3 Å². The number of carbonyl (C=O) groups excluding carboxylic acids is 1. The Hall–Kier alpha value is -1.35. The largest absolute Gasteiger partial charge is 0.396 e. The van der Waals surface area contributed by atoms with Crippen molar-refractivity contribution >= 4 is 17.2 Å². The minimum atomic E-state index is -0.170. The smallest absolute Gasteiger partial charge is 0.254 e. The molecule has 1 saturated heterocycles. The van der Waals surface area contributed by atoms with Crippen molar-refractivity contribution in [2.45, 2.75) is 12.8 Å². The lowest BCUT2D eigenvalue weighted by Gasteiger charge is -2.15. The van der Waals surface area contributed by atoms with E-state index in [4.69, 9.17) is 10.2 Å². The van der Waals surface area contributed by atoms with Gasteiger partial charge in [-0.2, -0.15) is 0 Å². The summed E-state index contributed by atoms with van der Waals surface area (Å²) < 4.78 is 0. The number of aliphatic hydroxyl groups excluding tert-OH is 2. The lowest BCUT2D eigenvalue weighted by Crippen LogP contribution is -2.28. The van der Waals surface area contributed by atoms with Crippen LogP contribution < -0.4 is 0 Å². The molecule has 1 aliphatic rings. The number of thiophene rings is 1. The molecular weight excluding hydrogens is 262 g/mol. The van der Waals surface area contributed by atoms with Gasteiger partial charge in [-0.05, 0) is 24.8 Å². The maximum absolute atomic E-state index is 12.3. The fraction of sp³-hybridized carbons (Fsp3) is 0.500. The number of hydrogen-bond donors (Lipinski definition) is 2. The van der Waals surface area contributed by atoms with Crippen molar-refractivity contribution in [3.05, 3.63) is 21.9 Å². The lowest BCUT2D eigenvalue weighted by atomic mass is 10.1. The molecule has 1 fully saturated rings. The number of amides is 1. The average Bonchev–Trinajstić information content (AvgIpc) is 3.05. The topological polar surface area (TPSA) is 60.8 Å². The molecule has 5 heteroatoms. The predicted octanol–water partition coefficient (Wildman–Crippen LogP) is 0.936. The molecular formula is C14H17NO3S. The molecule has 1 aliphatic heterocycles. The summed E-state index contributed by atoms with van der Waals surface area (Å²) in [6.07, 6.45) is 1.73. The molecule has 2 heterocycles. The third-order valence-electron chi connectivity index (χ3n) is 3.25. The van der Waals surface area contributed by atoms with Crippen molar-refractivity contribution < 1.29 is 15.0 Å². The molecule has 102 valence electrons. The number of hydrogen-bond acceptors (Lipinski definition) is 4. The number of rotatable bonds is 3. The van der Waals surface area contributed by atoms with Crippen LogP contribution in [0.15, 0.2) is 11.4 Å². The molecule has 2 rings (SSSR count). The van der Waals surface area contributed by atoms with Gasteiger partial charge in [-0.25, -0.2) is 0 Å². The van der Waals surface area contributed by atoms with Gasteiger partial charge in [-0.1, -0.05) is 11.8 Å². The van der Waals surface area contributed by atoms with Gasteiger partial charge in [0.25, 0.3) is 5.91 Å². The highest BCUT2D eigenvalue weighted by atomic mass is 32.1. The molecule has 0 spiro atoms. The second-order valence-electron chi connectivity index (χ2n) is 4.58. The number of likely N-dealkylation sites (tertiary alicyclic amines) is 1. The molecule has 0 saturated carbocycles. The molecule has 1 aromatic rings. The summed E-state index contributed by atoms with van der Waals surface area (Å²) in [6, 6.07) is 1.77. The van der Waals surface area contributed by atoms with E-state index in [0.29, 0.717) is 11.5 Å². The van der Waals surface area contributed by atoms with Gasteiger partial charge in [-0.3, -0.25) is 4.79 Å². The van der Waals surface area contributed by atoms with Crippen molar-refractivity contribution in [2.24, 2.45) is 5.92 Å². The third kappa shape index (κ3) is 3.57. The van der Waals surface area contributed by atoms with E-state index in [1.54, 1.807) is 6.07 Å². The number of nitrogens with zero attached hydrogens (tertiary/aromatic N) is 1. The molecule has 4 nitrogen and oxygen atoms in total. The van der Waals surface area contributed by atoms with Crippen molar-refractivity contribution in [3.8, 4) is 11.8 Å². The first-order valence-electron chi connectivity index (χ1n) is 6.33. The van der Waals surface area contributed by atoms with E-state index in [1.165, 1.54) is 11.3 Å². The summed E-state index contributed by atoms with van der Waals surface area (Å²) in [7, 11) is 0.